The number of benzene rings is 1. The first kappa shape index (κ1) is 11.7. The van der Waals surface area contributed by atoms with Crippen molar-refractivity contribution in [3.63, 3.8) is 0 Å². The Bertz CT molecular complexity index is 548. The number of nitrogens with two attached hydrogens (primary N) is 1. The first-order valence-electron chi connectivity index (χ1n) is 6.23. The van der Waals surface area contributed by atoms with Crippen LogP contribution in [-0.2, 0) is 4.74 Å². The van der Waals surface area contributed by atoms with Crippen LogP contribution in [0.4, 0.5) is 10.8 Å². The highest BCUT2D eigenvalue weighted by atomic mass is 32.1. The van der Waals surface area contributed by atoms with Gasteiger partial charge >= 0.3 is 0 Å². The molecule has 1 aliphatic heterocycles. The number of nitrogen functional groups attached to an aromatic ring is 1. The van der Waals surface area contributed by atoms with Crippen LogP contribution in [0.2, 0.25) is 0 Å². The quantitative estimate of drug-likeness (QED) is 0.836. The van der Waals surface area contributed by atoms with Gasteiger partial charge in [0.05, 0.1) is 16.8 Å². The van der Waals surface area contributed by atoms with Crippen LogP contribution in [0.1, 0.15) is 13.3 Å². The van der Waals surface area contributed by atoms with Crippen molar-refractivity contribution in [3.05, 3.63) is 18.2 Å². The molecule has 0 spiro atoms. The fraction of sp³-hybridized carbons (Fsp3) is 0.462. The highest BCUT2D eigenvalue weighted by Crippen LogP contribution is 2.29. The fourth-order valence-corrected chi connectivity index (χ4v) is 3.27. The molecule has 3 rings (SSSR count). The normalized spacial score (nSPS) is 21.3. The smallest absolute Gasteiger partial charge is 0.184 e. The van der Waals surface area contributed by atoms with Gasteiger partial charge in [-0.05, 0) is 31.5 Å². The molecule has 4 nitrogen and oxygen atoms in total. The molecule has 0 radical (unpaired) electrons. The number of thiazole rings is 1. The Labute approximate surface area is 110 Å². The molecule has 5 heteroatoms. The number of ether oxygens (including phenoxy) is 1. The van der Waals surface area contributed by atoms with E-state index in [9.17, 15) is 0 Å². The number of fused-ring (bicyclic) bond motifs is 1. The maximum absolute atomic E-state index is 5.78. The standard InChI is InChI=1S/C13H17N3OS/c1-8(9-4-5-17-7-9)15-13-16-11-3-2-10(14)6-12(11)18-13/h2-3,6,8-9H,4-5,7,14H2,1H3,(H,15,16). The zero-order chi connectivity index (χ0) is 12.5. The second kappa shape index (κ2) is 4.74. The molecule has 2 heterocycles. The molecule has 0 amide bonds. The van der Waals surface area contributed by atoms with Crippen molar-refractivity contribution in [2.75, 3.05) is 24.3 Å². The van der Waals surface area contributed by atoms with Gasteiger partial charge in [-0.1, -0.05) is 11.3 Å². The lowest BCUT2D eigenvalue weighted by Crippen LogP contribution is -2.25. The summed E-state index contributed by atoms with van der Waals surface area (Å²) >= 11 is 1.66. The largest absolute Gasteiger partial charge is 0.399 e. The van der Waals surface area contributed by atoms with E-state index in [1.54, 1.807) is 11.3 Å². The molecular formula is C13H17N3OS. The summed E-state index contributed by atoms with van der Waals surface area (Å²) < 4.78 is 6.55. The first-order valence-corrected chi connectivity index (χ1v) is 7.04. The van der Waals surface area contributed by atoms with Crippen LogP contribution >= 0.6 is 11.3 Å². The fourth-order valence-electron chi connectivity index (χ4n) is 2.26. The van der Waals surface area contributed by atoms with Crippen molar-refractivity contribution >= 4 is 32.4 Å². The highest BCUT2D eigenvalue weighted by molar-refractivity contribution is 7.22. The van der Waals surface area contributed by atoms with E-state index >= 15 is 0 Å². The molecule has 96 valence electrons. The molecule has 1 aromatic carbocycles. The van der Waals surface area contributed by atoms with Gasteiger partial charge in [-0.15, -0.1) is 0 Å². The van der Waals surface area contributed by atoms with E-state index in [1.807, 2.05) is 18.2 Å². The molecule has 0 aliphatic carbocycles. The number of rotatable bonds is 3. The summed E-state index contributed by atoms with van der Waals surface area (Å²) in [4.78, 5) is 4.58. The highest BCUT2D eigenvalue weighted by Gasteiger charge is 2.22. The summed E-state index contributed by atoms with van der Waals surface area (Å²) in [5, 5.41) is 4.45. The molecule has 1 fully saturated rings. The molecular weight excluding hydrogens is 246 g/mol. The van der Waals surface area contributed by atoms with E-state index < -0.39 is 0 Å². The molecule has 3 N–H and O–H groups in total. The van der Waals surface area contributed by atoms with Crippen molar-refractivity contribution < 1.29 is 4.74 Å². The molecule has 1 saturated heterocycles. The Morgan fingerprint density at radius 2 is 2.44 bits per heavy atom. The Hall–Kier alpha value is -1.33. The van der Waals surface area contributed by atoms with Crippen LogP contribution < -0.4 is 11.1 Å². The molecule has 2 aromatic rings. The van der Waals surface area contributed by atoms with E-state index in [1.165, 1.54) is 0 Å². The zero-order valence-corrected chi connectivity index (χ0v) is 11.2. The molecule has 2 unspecified atom stereocenters. The van der Waals surface area contributed by atoms with Crippen LogP contribution in [-0.4, -0.2) is 24.2 Å². The number of aromatic nitrogens is 1. The van der Waals surface area contributed by atoms with E-state index in [2.05, 4.69) is 17.2 Å². The summed E-state index contributed by atoms with van der Waals surface area (Å²) in [5.41, 5.74) is 7.57. The van der Waals surface area contributed by atoms with Crippen LogP contribution in [0.3, 0.4) is 0 Å². The topological polar surface area (TPSA) is 60.2 Å². The number of hydrogen-bond acceptors (Lipinski definition) is 5. The van der Waals surface area contributed by atoms with Crippen molar-refractivity contribution in [1.82, 2.24) is 4.98 Å². The summed E-state index contributed by atoms with van der Waals surface area (Å²) in [6.07, 6.45) is 1.13. The van der Waals surface area contributed by atoms with Crippen molar-refractivity contribution in [1.29, 1.82) is 0 Å². The lowest BCUT2D eigenvalue weighted by atomic mass is 10.0. The van der Waals surface area contributed by atoms with E-state index in [0.717, 1.165) is 40.7 Å². The molecule has 0 bridgehead atoms. The lowest BCUT2D eigenvalue weighted by molar-refractivity contribution is 0.183. The van der Waals surface area contributed by atoms with Gasteiger partial charge in [-0.3, -0.25) is 0 Å². The minimum atomic E-state index is 0.394. The van der Waals surface area contributed by atoms with Crippen LogP contribution in [0, 0.1) is 5.92 Å². The average Bonchev–Trinajstić information content (AvgIpc) is 2.95. The molecule has 2 atom stereocenters. The van der Waals surface area contributed by atoms with Crippen LogP contribution in [0.15, 0.2) is 18.2 Å². The average molecular weight is 263 g/mol. The summed E-state index contributed by atoms with van der Waals surface area (Å²) in [6, 6.07) is 6.22. The maximum atomic E-state index is 5.78. The molecule has 18 heavy (non-hydrogen) atoms. The van der Waals surface area contributed by atoms with Crippen molar-refractivity contribution in [3.8, 4) is 0 Å². The predicted octanol–water partition coefficient (Wildman–Crippen LogP) is 2.72. The third kappa shape index (κ3) is 2.28. The second-order valence-electron chi connectivity index (χ2n) is 4.80. The predicted molar refractivity (Wildman–Crippen MR) is 76.0 cm³/mol. The molecule has 1 aliphatic rings. The minimum absolute atomic E-state index is 0.394. The van der Waals surface area contributed by atoms with Gasteiger partial charge in [-0.2, -0.15) is 0 Å². The Morgan fingerprint density at radius 1 is 1.56 bits per heavy atom. The molecule has 1 aromatic heterocycles. The van der Waals surface area contributed by atoms with Gasteiger partial charge in [0.15, 0.2) is 5.13 Å². The Kier molecular flexibility index (Phi) is 3.09. The van der Waals surface area contributed by atoms with Crippen LogP contribution in [0.25, 0.3) is 10.2 Å². The first-order chi connectivity index (χ1) is 8.72. The summed E-state index contributed by atoms with van der Waals surface area (Å²) in [6.45, 7) is 3.93. The monoisotopic (exact) mass is 263 g/mol. The number of nitrogens with zero attached hydrogens (tertiary/aromatic N) is 1. The van der Waals surface area contributed by atoms with Gasteiger partial charge < -0.3 is 15.8 Å². The zero-order valence-electron chi connectivity index (χ0n) is 10.3. The van der Waals surface area contributed by atoms with Crippen LogP contribution in [0.5, 0.6) is 0 Å². The minimum Gasteiger partial charge on any atom is -0.399 e. The summed E-state index contributed by atoms with van der Waals surface area (Å²) in [7, 11) is 0. The van der Waals surface area contributed by atoms with Gasteiger partial charge in [0, 0.05) is 24.3 Å². The number of anilines is 2. The Morgan fingerprint density at radius 3 is 3.22 bits per heavy atom. The van der Waals surface area contributed by atoms with E-state index in [4.69, 9.17) is 10.5 Å². The summed E-state index contributed by atoms with van der Waals surface area (Å²) in [5.74, 6) is 0.585. The lowest BCUT2D eigenvalue weighted by Gasteiger charge is -2.18. The van der Waals surface area contributed by atoms with Crippen molar-refractivity contribution in [2.24, 2.45) is 5.92 Å². The van der Waals surface area contributed by atoms with Gasteiger partial charge in [-0.25, -0.2) is 4.98 Å². The maximum Gasteiger partial charge on any atom is 0.184 e. The third-order valence-corrected chi connectivity index (χ3v) is 4.39. The Balaban J connectivity index is 1.77. The van der Waals surface area contributed by atoms with E-state index in [0.29, 0.717) is 12.0 Å². The SMILES string of the molecule is CC(Nc1nc2ccc(N)cc2s1)C1CCOC1. The third-order valence-electron chi connectivity index (χ3n) is 3.44. The number of hydrogen-bond donors (Lipinski definition) is 2. The van der Waals surface area contributed by atoms with Gasteiger partial charge in [0.1, 0.15) is 0 Å². The molecule has 0 saturated carbocycles. The van der Waals surface area contributed by atoms with Gasteiger partial charge in [0.2, 0.25) is 0 Å². The van der Waals surface area contributed by atoms with Gasteiger partial charge in [0.25, 0.3) is 0 Å². The van der Waals surface area contributed by atoms with E-state index in [-0.39, 0.29) is 0 Å². The number of nitrogens with one attached hydrogen (secondary N) is 1. The second-order valence-corrected chi connectivity index (χ2v) is 5.83. The van der Waals surface area contributed by atoms with Crippen molar-refractivity contribution in [2.45, 2.75) is 19.4 Å².